The van der Waals surface area contributed by atoms with Gasteiger partial charge in [-0.1, -0.05) is 23.2 Å². The zero-order valence-corrected chi connectivity index (χ0v) is 16.4. The molecule has 4 rings (SSSR count). The summed E-state index contributed by atoms with van der Waals surface area (Å²) in [5.74, 6) is 1.03. The van der Waals surface area contributed by atoms with Crippen LogP contribution in [0.1, 0.15) is 36.0 Å². The highest BCUT2D eigenvalue weighted by molar-refractivity contribution is 6.34. The molecule has 2 aliphatic rings. The first-order valence-electron chi connectivity index (χ1n) is 9.34. The molecule has 27 heavy (non-hydrogen) atoms. The molecule has 0 unspecified atom stereocenters. The number of hydrogen-bond donors (Lipinski definition) is 2. The summed E-state index contributed by atoms with van der Waals surface area (Å²) in [5.41, 5.74) is 1.73. The number of phenolic OH excluding ortho intramolecular Hbond substituents is 1. The molecule has 0 radical (unpaired) electrons. The molecule has 2 N–H and O–H groups in total. The molecule has 2 aromatic rings. The van der Waals surface area contributed by atoms with E-state index < -0.39 is 5.91 Å². The van der Waals surface area contributed by atoms with Crippen molar-refractivity contribution in [3.05, 3.63) is 52.0 Å². The fourth-order valence-corrected chi connectivity index (χ4v) is 3.59. The van der Waals surface area contributed by atoms with Gasteiger partial charge in [-0.2, -0.15) is 0 Å². The summed E-state index contributed by atoms with van der Waals surface area (Å²) >= 11 is 12.4. The number of halogens is 2. The highest BCUT2D eigenvalue weighted by Gasteiger charge is 2.29. The summed E-state index contributed by atoms with van der Waals surface area (Å²) in [6.07, 6.45) is 5.25. The van der Waals surface area contributed by atoms with Crippen molar-refractivity contribution in [2.24, 2.45) is 11.8 Å². The van der Waals surface area contributed by atoms with Crippen LogP contribution in [0.5, 0.6) is 5.75 Å². The molecule has 0 aliphatic heterocycles. The Labute approximate surface area is 169 Å². The minimum Gasteiger partial charge on any atom is -0.507 e. The monoisotopic (exact) mass is 404 g/mol. The van der Waals surface area contributed by atoms with Gasteiger partial charge in [0.25, 0.3) is 5.91 Å². The van der Waals surface area contributed by atoms with Gasteiger partial charge >= 0.3 is 0 Å². The molecule has 2 fully saturated rings. The molecule has 4 nitrogen and oxygen atoms in total. The average Bonchev–Trinajstić information content (AvgIpc) is 3.54. The lowest BCUT2D eigenvalue weighted by Crippen LogP contribution is -2.28. The van der Waals surface area contributed by atoms with Crippen molar-refractivity contribution in [1.29, 1.82) is 0 Å². The molecule has 2 aromatic carbocycles. The fourth-order valence-electron chi connectivity index (χ4n) is 3.19. The van der Waals surface area contributed by atoms with E-state index in [2.05, 4.69) is 10.2 Å². The van der Waals surface area contributed by atoms with Gasteiger partial charge in [0.15, 0.2) is 0 Å². The smallest absolute Gasteiger partial charge is 0.259 e. The zero-order chi connectivity index (χ0) is 19.0. The van der Waals surface area contributed by atoms with Crippen LogP contribution in [0.4, 0.5) is 11.4 Å². The standard InChI is InChI=1S/C21H22Cl2N2O2/c22-15-5-8-20(26)17(9-15)21(27)24-19-7-6-16(10-18(19)23)25(11-13-1-2-13)12-14-3-4-14/h5-10,13-14,26H,1-4,11-12H2,(H,24,27). The molecule has 6 heteroatoms. The van der Waals surface area contributed by atoms with E-state index in [1.807, 2.05) is 18.2 Å². The van der Waals surface area contributed by atoms with Gasteiger partial charge in [0.2, 0.25) is 0 Å². The van der Waals surface area contributed by atoms with E-state index in [0.29, 0.717) is 15.7 Å². The minimum absolute atomic E-state index is 0.117. The molecule has 0 spiro atoms. The molecule has 0 aromatic heterocycles. The quantitative estimate of drug-likeness (QED) is 0.633. The average molecular weight is 405 g/mol. The van der Waals surface area contributed by atoms with Gasteiger partial charge in [0.1, 0.15) is 5.75 Å². The van der Waals surface area contributed by atoms with Crippen LogP contribution in [0.15, 0.2) is 36.4 Å². The second-order valence-corrected chi connectivity index (χ2v) is 8.42. The lowest BCUT2D eigenvalue weighted by Gasteiger charge is -2.25. The second kappa shape index (κ2) is 7.61. The number of nitrogens with zero attached hydrogens (tertiary/aromatic N) is 1. The van der Waals surface area contributed by atoms with E-state index >= 15 is 0 Å². The van der Waals surface area contributed by atoms with E-state index in [-0.39, 0.29) is 11.3 Å². The Morgan fingerprint density at radius 2 is 1.70 bits per heavy atom. The third kappa shape index (κ3) is 4.69. The summed E-state index contributed by atoms with van der Waals surface area (Å²) in [6.45, 7) is 2.16. The number of nitrogens with one attached hydrogen (secondary N) is 1. The number of benzene rings is 2. The van der Waals surface area contributed by atoms with Crippen LogP contribution in [0, 0.1) is 11.8 Å². The van der Waals surface area contributed by atoms with Crippen molar-refractivity contribution in [3.8, 4) is 5.75 Å². The Hall–Kier alpha value is -1.91. The summed E-state index contributed by atoms with van der Waals surface area (Å²) < 4.78 is 0. The van der Waals surface area contributed by atoms with E-state index in [4.69, 9.17) is 23.2 Å². The van der Waals surface area contributed by atoms with Crippen molar-refractivity contribution in [3.63, 3.8) is 0 Å². The third-order valence-electron chi connectivity index (χ3n) is 5.12. The van der Waals surface area contributed by atoms with Crippen molar-refractivity contribution in [2.45, 2.75) is 25.7 Å². The number of aromatic hydroxyl groups is 1. The lowest BCUT2D eigenvalue weighted by atomic mass is 10.1. The van der Waals surface area contributed by atoms with Crippen molar-refractivity contribution >= 4 is 40.5 Å². The van der Waals surface area contributed by atoms with Crippen LogP contribution in [-0.4, -0.2) is 24.1 Å². The van der Waals surface area contributed by atoms with Crippen molar-refractivity contribution < 1.29 is 9.90 Å². The van der Waals surface area contributed by atoms with E-state index in [0.717, 1.165) is 30.6 Å². The first-order valence-corrected chi connectivity index (χ1v) is 10.1. The molecule has 2 aliphatic carbocycles. The van der Waals surface area contributed by atoms with Gasteiger partial charge in [-0.15, -0.1) is 0 Å². The maximum Gasteiger partial charge on any atom is 0.259 e. The van der Waals surface area contributed by atoms with Crippen LogP contribution in [-0.2, 0) is 0 Å². The predicted octanol–water partition coefficient (Wildman–Crippen LogP) is 5.58. The molecule has 0 saturated heterocycles. The summed E-state index contributed by atoms with van der Waals surface area (Å²) in [6, 6.07) is 10.1. The van der Waals surface area contributed by atoms with Gasteiger partial charge in [0.05, 0.1) is 16.3 Å². The van der Waals surface area contributed by atoms with Gasteiger partial charge in [-0.25, -0.2) is 0 Å². The van der Waals surface area contributed by atoms with Crippen molar-refractivity contribution in [2.75, 3.05) is 23.3 Å². The lowest BCUT2D eigenvalue weighted by molar-refractivity contribution is 0.102. The van der Waals surface area contributed by atoms with Crippen LogP contribution in [0.25, 0.3) is 0 Å². The SMILES string of the molecule is O=C(Nc1ccc(N(CC2CC2)CC2CC2)cc1Cl)c1cc(Cl)ccc1O. The predicted molar refractivity (Wildman–Crippen MR) is 110 cm³/mol. The van der Waals surface area contributed by atoms with Crippen LogP contribution in [0.2, 0.25) is 10.0 Å². The van der Waals surface area contributed by atoms with Crippen LogP contribution in [0.3, 0.4) is 0 Å². The minimum atomic E-state index is -0.447. The van der Waals surface area contributed by atoms with Gasteiger partial charge in [0, 0.05) is 23.8 Å². The van der Waals surface area contributed by atoms with Gasteiger partial charge in [-0.05, 0) is 73.9 Å². The number of rotatable bonds is 7. The Morgan fingerprint density at radius 3 is 2.30 bits per heavy atom. The Bertz CT molecular complexity index is 849. The third-order valence-corrected chi connectivity index (χ3v) is 5.67. The molecule has 0 heterocycles. The summed E-state index contributed by atoms with van der Waals surface area (Å²) in [7, 11) is 0. The number of anilines is 2. The molecular weight excluding hydrogens is 383 g/mol. The normalized spacial score (nSPS) is 16.2. The van der Waals surface area contributed by atoms with E-state index in [1.54, 1.807) is 0 Å². The Morgan fingerprint density at radius 1 is 1.04 bits per heavy atom. The van der Waals surface area contributed by atoms with Crippen LogP contribution >= 0.6 is 23.2 Å². The number of amides is 1. The molecule has 1 amide bonds. The van der Waals surface area contributed by atoms with E-state index in [9.17, 15) is 9.90 Å². The molecule has 0 atom stereocenters. The molecule has 0 bridgehead atoms. The zero-order valence-electron chi connectivity index (χ0n) is 14.9. The summed E-state index contributed by atoms with van der Waals surface area (Å²) in [5, 5.41) is 13.5. The highest BCUT2D eigenvalue weighted by atomic mass is 35.5. The van der Waals surface area contributed by atoms with Crippen molar-refractivity contribution in [1.82, 2.24) is 0 Å². The highest BCUT2D eigenvalue weighted by Crippen LogP contribution is 2.37. The number of phenols is 1. The maximum absolute atomic E-state index is 12.5. The van der Waals surface area contributed by atoms with Gasteiger partial charge in [-0.3, -0.25) is 4.79 Å². The molecule has 142 valence electrons. The topological polar surface area (TPSA) is 52.6 Å². The largest absolute Gasteiger partial charge is 0.507 e. The summed E-state index contributed by atoms with van der Waals surface area (Å²) in [4.78, 5) is 14.9. The molecule has 2 saturated carbocycles. The molecular formula is C21H22Cl2N2O2. The Balaban J connectivity index is 1.50. The van der Waals surface area contributed by atoms with Gasteiger partial charge < -0.3 is 15.3 Å². The fraction of sp³-hybridized carbons (Fsp3) is 0.381. The first-order chi connectivity index (χ1) is 13.0. The number of carbonyl (C=O) groups is 1. The first kappa shape index (κ1) is 18.5. The van der Waals surface area contributed by atoms with E-state index in [1.165, 1.54) is 43.9 Å². The number of carbonyl (C=O) groups excluding carboxylic acids is 1. The Kier molecular flexibility index (Phi) is 5.20. The second-order valence-electron chi connectivity index (χ2n) is 7.57. The van der Waals surface area contributed by atoms with Crippen LogP contribution < -0.4 is 10.2 Å². The number of hydrogen-bond acceptors (Lipinski definition) is 3. The maximum atomic E-state index is 12.5.